The number of benzene rings is 3. The van der Waals surface area contributed by atoms with Gasteiger partial charge in [-0.2, -0.15) is 18.4 Å². The fraction of sp³-hybridized carbons (Fsp3) is 0.161. The molecule has 5 rings (SSSR count). The summed E-state index contributed by atoms with van der Waals surface area (Å²) in [4.78, 5) is 30.3. The average molecular weight is 782 g/mol. The third kappa shape index (κ3) is 6.94. The minimum Gasteiger partial charge on any atom is -0.487 e. The summed E-state index contributed by atoms with van der Waals surface area (Å²) in [6.07, 6.45) is -3.49. The van der Waals surface area contributed by atoms with Crippen molar-refractivity contribution in [3.63, 3.8) is 0 Å². The van der Waals surface area contributed by atoms with E-state index in [1.165, 1.54) is 37.3 Å². The van der Waals surface area contributed by atoms with Crippen molar-refractivity contribution >= 4 is 66.8 Å². The van der Waals surface area contributed by atoms with Gasteiger partial charge in [-0.3, -0.25) is 9.36 Å². The molecule has 14 heteroatoms. The summed E-state index contributed by atoms with van der Waals surface area (Å²) in [5.41, 5.74) is -0.733. The quantitative estimate of drug-likeness (QED) is 0.189. The fourth-order valence-corrected chi connectivity index (χ4v) is 7.16. The van der Waals surface area contributed by atoms with Crippen LogP contribution in [-0.4, -0.2) is 23.3 Å². The number of rotatable bonds is 7. The van der Waals surface area contributed by atoms with Crippen LogP contribution in [0.3, 0.4) is 0 Å². The van der Waals surface area contributed by atoms with E-state index in [0.29, 0.717) is 30.8 Å². The number of fused-ring (bicyclic) bond motifs is 1. The van der Waals surface area contributed by atoms with E-state index < -0.39 is 35.0 Å². The number of aromatic nitrogens is 1. The van der Waals surface area contributed by atoms with Crippen molar-refractivity contribution in [2.24, 2.45) is 4.99 Å². The smallest absolute Gasteiger partial charge is 0.434 e. The minimum atomic E-state index is -5.01. The molecule has 0 aliphatic carbocycles. The number of carbonyl (C=O) groups is 1. The maximum atomic E-state index is 14.3. The van der Waals surface area contributed by atoms with Gasteiger partial charge in [0, 0.05) is 5.02 Å². The van der Waals surface area contributed by atoms with E-state index >= 15 is 0 Å². The van der Waals surface area contributed by atoms with Gasteiger partial charge in [0.1, 0.15) is 12.4 Å². The molecule has 0 spiro atoms. The molecule has 0 fully saturated rings. The molecule has 45 heavy (non-hydrogen) atoms. The first-order valence-corrected chi connectivity index (χ1v) is 15.9. The third-order valence-electron chi connectivity index (χ3n) is 6.57. The number of thiazole rings is 1. The Bertz CT molecular complexity index is 2030. The van der Waals surface area contributed by atoms with Gasteiger partial charge < -0.3 is 9.47 Å². The van der Waals surface area contributed by atoms with Crippen molar-refractivity contribution in [3.05, 3.63) is 128 Å². The number of carbonyl (C=O) groups excluding carboxylic acids is 1. The molecule has 0 unspecified atom stereocenters. The molecule has 0 saturated carbocycles. The van der Waals surface area contributed by atoms with Crippen LogP contribution in [0.5, 0.6) is 5.75 Å². The number of allylic oxidation sites excluding steroid dienone is 1. The normalized spacial score (nSPS) is 14.9. The Morgan fingerprint density at radius 2 is 1.78 bits per heavy atom. The molecular formula is C31H19Br2ClF3N3O4S. The molecule has 0 N–H and O–H groups in total. The van der Waals surface area contributed by atoms with Crippen LogP contribution < -0.4 is 19.6 Å². The van der Waals surface area contributed by atoms with E-state index in [9.17, 15) is 22.8 Å². The Morgan fingerprint density at radius 3 is 2.36 bits per heavy atom. The summed E-state index contributed by atoms with van der Waals surface area (Å²) < 4.78 is 56.2. The second kappa shape index (κ2) is 13.3. The topological polar surface area (TPSA) is 93.7 Å². The van der Waals surface area contributed by atoms with Crippen LogP contribution >= 0.6 is 54.8 Å². The SMILES string of the molecule is CCOC(=O)C1=C(C(F)(F)F)N=c2s/c(=C\c3cc(Br)c(OCc4ccc(C#N)cc4)c(Br)c3)c(=O)n2[C@@H]1c1ccc(Cl)cc1. The zero-order valence-corrected chi connectivity index (χ0v) is 27.7. The summed E-state index contributed by atoms with van der Waals surface area (Å²) in [6.45, 7) is 1.51. The first kappa shape index (κ1) is 32.7. The van der Waals surface area contributed by atoms with Crippen LogP contribution in [0, 0.1) is 11.3 Å². The van der Waals surface area contributed by atoms with Crippen molar-refractivity contribution < 1.29 is 27.4 Å². The van der Waals surface area contributed by atoms with Crippen LogP contribution in [0.4, 0.5) is 13.2 Å². The molecule has 3 aromatic carbocycles. The van der Waals surface area contributed by atoms with Gasteiger partial charge in [-0.15, -0.1) is 0 Å². The van der Waals surface area contributed by atoms with Gasteiger partial charge in [0.05, 0.1) is 43.3 Å². The number of nitriles is 1. The van der Waals surface area contributed by atoms with Gasteiger partial charge in [-0.25, -0.2) is 9.79 Å². The summed E-state index contributed by atoms with van der Waals surface area (Å²) in [5, 5.41) is 9.31. The number of ether oxygens (including phenoxy) is 2. The van der Waals surface area contributed by atoms with Crippen molar-refractivity contribution in [2.75, 3.05) is 6.61 Å². The molecular weight excluding hydrogens is 763 g/mol. The monoisotopic (exact) mass is 779 g/mol. The lowest BCUT2D eigenvalue weighted by Gasteiger charge is -2.26. The van der Waals surface area contributed by atoms with E-state index in [-0.39, 0.29) is 28.1 Å². The highest BCUT2D eigenvalue weighted by Crippen LogP contribution is 2.39. The maximum Gasteiger partial charge on any atom is 0.434 e. The molecule has 4 aromatic rings. The lowest BCUT2D eigenvalue weighted by atomic mass is 9.95. The van der Waals surface area contributed by atoms with Gasteiger partial charge in [0.15, 0.2) is 10.5 Å². The maximum absolute atomic E-state index is 14.3. The fourth-order valence-electron chi connectivity index (χ4n) is 4.58. The second-order valence-corrected chi connectivity index (χ2v) is 12.7. The number of hydrogen-bond acceptors (Lipinski definition) is 7. The molecule has 0 bridgehead atoms. The Labute approximate surface area is 279 Å². The van der Waals surface area contributed by atoms with Crippen LogP contribution in [-0.2, 0) is 16.1 Å². The second-order valence-electron chi connectivity index (χ2n) is 9.53. The summed E-state index contributed by atoms with van der Waals surface area (Å²) in [6, 6.07) is 16.7. The van der Waals surface area contributed by atoms with Gasteiger partial charge in [-0.05, 0) is 97.9 Å². The lowest BCUT2D eigenvalue weighted by molar-refractivity contribution is -0.140. The molecule has 0 saturated heterocycles. The van der Waals surface area contributed by atoms with Crippen molar-refractivity contribution in [3.8, 4) is 11.8 Å². The summed E-state index contributed by atoms with van der Waals surface area (Å²) in [7, 11) is 0. The lowest BCUT2D eigenvalue weighted by Crippen LogP contribution is -2.41. The number of halogens is 6. The average Bonchev–Trinajstić information content (AvgIpc) is 3.30. The molecule has 1 aliphatic heterocycles. The summed E-state index contributed by atoms with van der Waals surface area (Å²) >= 11 is 13.8. The zero-order chi connectivity index (χ0) is 32.5. The molecule has 0 amide bonds. The highest BCUT2D eigenvalue weighted by molar-refractivity contribution is 9.11. The first-order valence-electron chi connectivity index (χ1n) is 13.1. The molecule has 7 nitrogen and oxygen atoms in total. The Kier molecular flexibility index (Phi) is 9.69. The first-order chi connectivity index (χ1) is 21.4. The van der Waals surface area contributed by atoms with Crippen LogP contribution in [0.2, 0.25) is 5.02 Å². The molecule has 230 valence electrons. The van der Waals surface area contributed by atoms with Gasteiger partial charge >= 0.3 is 12.1 Å². The van der Waals surface area contributed by atoms with Gasteiger partial charge in [0.2, 0.25) is 0 Å². The van der Waals surface area contributed by atoms with E-state index in [1.54, 1.807) is 36.4 Å². The molecule has 1 aliphatic rings. The predicted octanol–water partition coefficient (Wildman–Crippen LogP) is 6.97. The minimum absolute atomic E-state index is 0.0874. The van der Waals surface area contributed by atoms with E-state index in [4.69, 9.17) is 26.3 Å². The van der Waals surface area contributed by atoms with E-state index in [2.05, 4.69) is 42.9 Å². The molecule has 0 radical (unpaired) electrons. The largest absolute Gasteiger partial charge is 0.487 e. The number of hydrogen-bond donors (Lipinski definition) is 0. The van der Waals surface area contributed by atoms with Crippen LogP contribution in [0.1, 0.15) is 35.2 Å². The zero-order valence-electron chi connectivity index (χ0n) is 23.0. The van der Waals surface area contributed by atoms with Crippen molar-refractivity contribution in [2.45, 2.75) is 25.7 Å². The van der Waals surface area contributed by atoms with E-state index in [1.807, 2.05) is 0 Å². The van der Waals surface area contributed by atoms with Crippen molar-refractivity contribution in [1.29, 1.82) is 5.26 Å². The van der Waals surface area contributed by atoms with Crippen molar-refractivity contribution in [1.82, 2.24) is 4.57 Å². The Balaban J connectivity index is 1.60. The van der Waals surface area contributed by atoms with Crippen LogP contribution in [0.25, 0.3) is 6.08 Å². The molecule has 1 aromatic heterocycles. The predicted molar refractivity (Wildman–Crippen MR) is 170 cm³/mol. The molecule has 1 atom stereocenters. The van der Waals surface area contributed by atoms with Gasteiger partial charge in [0.25, 0.3) is 5.56 Å². The standard InChI is InChI=1S/C31H19Br2ClF3N3O4S/c1-2-43-29(42)24-25(19-7-9-20(34)10-8-19)40-28(41)23(45-30(40)39-27(24)31(35,36)37)13-18-11-21(32)26(22(33)12-18)44-15-17-5-3-16(14-38)4-6-17/h3-13,25H,2,15H2,1H3/b23-13-/t25-/m1/s1. The Hall–Kier alpha value is -3.70. The van der Waals surface area contributed by atoms with Gasteiger partial charge in [-0.1, -0.05) is 47.2 Å². The van der Waals surface area contributed by atoms with Crippen LogP contribution in [0.15, 0.2) is 90.7 Å². The number of nitrogens with zero attached hydrogens (tertiary/aromatic N) is 3. The third-order valence-corrected chi connectivity index (χ3v) is 8.98. The Morgan fingerprint density at radius 1 is 1.13 bits per heavy atom. The highest BCUT2D eigenvalue weighted by Gasteiger charge is 2.45. The number of alkyl halides is 3. The summed E-state index contributed by atoms with van der Waals surface area (Å²) in [5.74, 6) is -0.748. The molecule has 2 heterocycles. The highest BCUT2D eigenvalue weighted by atomic mass is 79.9. The number of esters is 1. The van der Waals surface area contributed by atoms with E-state index in [0.717, 1.165) is 21.5 Å².